The summed E-state index contributed by atoms with van der Waals surface area (Å²) in [6, 6.07) is 18.8. The molecular formula is C25H19BrClNO4. The molecule has 162 valence electrons. The van der Waals surface area contributed by atoms with Gasteiger partial charge in [-0.2, -0.15) is 0 Å². The van der Waals surface area contributed by atoms with Crippen LogP contribution in [0.15, 0.2) is 75.8 Å². The van der Waals surface area contributed by atoms with Gasteiger partial charge in [0, 0.05) is 4.47 Å². The number of aliphatic imine (C=N–C) groups is 1. The second kappa shape index (κ2) is 9.59. The average Bonchev–Trinajstić information content (AvgIpc) is 3.14. The maximum atomic E-state index is 12.4. The van der Waals surface area contributed by atoms with Gasteiger partial charge in [-0.25, -0.2) is 9.79 Å². The van der Waals surface area contributed by atoms with Gasteiger partial charge < -0.3 is 14.2 Å². The van der Waals surface area contributed by atoms with Gasteiger partial charge in [-0.1, -0.05) is 48.0 Å². The molecule has 4 rings (SSSR count). The number of nitrogens with zero attached hydrogens (tertiary/aromatic N) is 1. The predicted octanol–water partition coefficient (Wildman–Crippen LogP) is 6.34. The number of benzene rings is 3. The summed E-state index contributed by atoms with van der Waals surface area (Å²) in [4.78, 5) is 16.7. The molecule has 0 unspecified atom stereocenters. The van der Waals surface area contributed by atoms with Crippen molar-refractivity contribution in [2.75, 3.05) is 7.11 Å². The van der Waals surface area contributed by atoms with E-state index in [1.54, 1.807) is 18.2 Å². The van der Waals surface area contributed by atoms with E-state index in [4.69, 9.17) is 25.8 Å². The maximum absolute atomic E-state index is 12.4. The molecule has 0 N–H and O–H groups in total. The molecule has 0 saturated carbocycles. The molecule has 0 aliphatic carbocycles. The van der Waals surface area contributed by atoms with Crippen LogP contribution in [-0.2, 0) is 16.1 Å². The van der Waals surface area contributed by atoms with Crippen LogP contribution in [0.1, 0.15) is 22.3 Å². The highest BCUT2D eigenvalue weighted by Crippen LogP contribution is 2.38. The molecule has 0 aromatic heterocycles. The van der Waals surface area contributed by atoms with Crippen molar-refractivity contribution in [3.63, 3.8) is 0 Å². The Kier molecular flexibility index (Phi) is 6.63. The van der Waals surface area contributed by atoms with Crippen LogP contribution < -0.4 is 9.47 Å². The molecule has 1 heterocycles. The molecule has 0 bridgehead atoms. The molecular weight excluding hydrogens is 494 g/mol. The zero-order chi connectivity index (χ0) is 22.7. The molecule has 0 amide bonds. The molecule has 0 fully saturated rings. The summed E-state index contributed by atoms with van der Waals surface area (Å²) in [6.07, 6.45) is 1.60. The molecule has 7 heteroatoms. The van der Waals surface area contributed by atoms with Crippen molar-refractivity contribution < 1.29 is 19.0 Å². The highest BCUT2D eigenvalue weighted by molar-refractivity contribution is 9.10. The molecule has 0 radical (unpaired) electrons. The minimum Gasteiger partial charge on any atom is -0.493 e. The van der Waals surface area contributed by atoms with E-state index in [0.29, 0.717) is 34.3 Å². The highest BCUT2D eigenvalue weighted by Gasteiger charge is 2.25. The summed E-state index contributed by atoms with van der Waals surface area (Å²) >= 11 is 9.94. The molecule has 0 atom stereocenters. The zero-order valence-corrected chi connectivity index (χ0v) is 19.7. The molecule has 1 aliphatic rings. The second-order valence-corrected chi connectivity index (χ2v) is 8.33. The lowest BCUT2D eigenvalue weighted by Crippen LogP contribution is -2.05. The Hall–Kier alpha value is -3.09. The van der Waals surface area contributed by atoms with Gasteiger partial charge in [0.1, 0.15) is 6.61 Å². The monoisotopic (exact) mass is 511 g/mol. The fourth-order valence-electron chi connectivity index (χ4n) is 3.20. The van der Waals surface area contributed by atoms with Crippen LogP contribution in [0.25, 0.3) is 6.08 Å². The lowest BCUT2D eigenvalue weighted by atomic mass is 10.1. The summed E-state index contributed by atoms with van der Waals surface area (Å²) in [7, 11) is 1.54. The van der Waals surface area contributed by atoms with Crippen LogP contribution >= 0.6 is 27.5 Å². The van der Waals surface area contributed by atoms with Crippen molar-refractivity contribution >= 4 is 45.5 Å². The predicted molar refractivity (Wildman–Crippen MR) is 128 cm³/mol. The van der Waals surface area contributed by atoms with E-state index in [0.717, 1.165) is 15.6 Å². The van der Waals surface area contributed by atoms with E-state index in [1.807, 2.05) is 55.5 Å². The Morgan fingerprint density at radius 3 is 2.62 bits per heavy atom. The number of rotatable bonds is 6. The molecule has 0 saturated heterocycles. The first kappa shape index (κ1) is 22.1. The first-order valence-electron chi connectivity index (χ1n) is 9.78. The van der Waals surface area contributed by atoms with Crippen LogP contribution in [0.3, 0.4) is 0 Å². The number of ether oxygens (including phenoxy) is 3. The largest absolute Gasteiger partial charge is 0.493 e. The smallest absolute Gasteiger partial charge is 0.363 e. The van der Waals surface area contributed by atoms with E-state index in [9.17, 15) is 4.79 Å². The standard InChI is InChI=1S/C25H19BrClNO4/c1-15-7-3-4-8-17(15)14-31-23-20(27)11-16(13-22(23)30-2)12-21-25(29)32-24(28-21)18-9-5-6-10-19(18)26/h3-13H,14H2,1-2H3/b21-12-. The number of aryl methyl sites for hydroxylation is 1. The topological polar surface area (TPSA) is 57.1 Å². The maximum Gasteiger partial charge on any atom is 0.363 e. The summed E-state index contributed by atoms with van der Waals surface area (Å²) < 4.78 is 17.6. The summed E-state index contributed by atoms with van der Waals surface area (Å²) in [5, 5.41) is 0.367. The number of methoxy groups -OCH3 is 1. The third-order valence-electron chi connectivity index (χ3n) is 4.91. The lowest BCUT2D eigenvalue weighted by molar-refractivity contribution is -0.129. The second-order valence-electron chi connectivity index (χ2n) is 7.07. The van der Waals surface area contributed by atoms with Gasteiger partial charge in [0.05, 0.1) is 17.7 Å². The first-order chi connectivity index (χ1) is 15.5. The molecule has 32 heavy (non-hydrogen) atoms. The van der Waals surface area contributed by atoms with Crippen molar-refractivity contribution in [1.29, 1.82) is 0 Å². The molecule has 3 aromatic rings. The van der Waals surface area contributed by atoms with E-state index < -0.39 is 5.97 Å². The summed E-state index contributed by atoms with van der Waals surface area (Å²) in [5.41, 5.74) is 3.68. The number of carbonyl (C=O) groups is 1. The van der Waals surface area contributed by atoms with Crippen LogP contribution in [0.5, 0.6) is 11.5 Å². The van der Waals surface area contributed by atoms with E-state index in [2.05, 4.69) is 20.9 Å². The molecule has 3 aromatic carbocycles. The van der Waals surface area contributed by atoms with Crippen molar-refractivity contribution in [3.8, 4) is 11.5 Å². The van der Waals surface area contributed by atoms with Crippen molar-refractivity contribution in [2.24, 2.45) is 4.99 Å². The number of hydrogen-bond donors (Lipinski definition) is 0. The molecule has 1 aliphatic heterocycles. The van der Waals surface area contributed by atoms with E-state index >= 15 is 0 Å². The Morgan fingerprint density at radius 2 is 1.88 bits per heavy atom. The molecule has 0 spiro atoms. The quantitative estimate of drug-likeness (QED) is 0.285. The van der Waals surface area contributed by atoms with Gasteiger partial charge in [0.25, 0.3) is 0 Å². The normalized spacial score (nSPS) is 14.3. The minimum absolute atomic E-state index is 0.169. The first-order valence-corrected chi connectivity index (χ1v) is 11.0. The van der Waals surface area contributed by atoms with Gasteiger partial charge in [-0.05, 0) is 69.9 Å². The van der Waals surface area contributed by atoms with Crippen molar-refractivity contribution in [3.05, 3.63) is 98.1 Å². The van der Waals surface area contributed by atoms with E-state index in [1.165, 1.54) is 7.11 Å². The van der Waals surface area contributed by atoms with Crippen LogP contribution in [0.4, 0.5) is 0 Å². The Bertz CT molecular complexity index is 1250. The van der Waals surface area contributed by atoms with Gasteiger partial charge in [-0.15, -0.1) is 0 Å². The fraction of sp³-hybridized carbons (Fsp3) is 0.120. The van der Waals surface area contributed by atoms with Crippen LogP contribution in [0, 0.1) is 6.92 Å². The molecule has 5 nitrogen and oxygen atoms in total. The summed E-state index contributed by atoms with van der Waals surface area (Å²) in [6.45, 7) is 2.38. The number of hydrogen-bond acceptors (Lipinski definition) is 5. The Balaban J connectivity index is 1.61. The van der Waals surface area contributed by atoms with Gasteiger partial charge in [-0.3, -0.25) is 0 Å². The Morgan fingerprint density at radius 1 is 1.12 bits per heavy atom. The van der Waals surface area contributed by atoms with Crippen molar-refractivity contribution in [1.82, 2.24) is 0 Å². The lowest BCUT2D eigenvalue weighted by Gasteiger charge is -2.14. The summed E-state index contributed by atoms with van der Waals surface area (Å²) in [5.74, 6) is 0.598. The third kappa shape index (κ3) is 4.71. The minimum atomic E-state index is -0.536. The Labute approximate surface area is 199 Å². The highest BCUT2D eigenvalue weighted by atomic mass is 79.9. The number of halogens is 2. The van der Waals surface area contributed by atoms with Gasteiger partial charge >= 0.3 is 5.97 Å². The average molecular weight is 513 g/mol. The number of esters is 1. The van der Waals surface area contributed by atoms with Gasteiger partial charge in [0.2, 0.25) is 5.90 Å². The number of carbonyl (C=O) groups excluding carboxylic acids is 1. The van der Waals surface area contributed by atoms with Crippen molar-refractivity contribution in [2.45, 2.75) is 13.5 Å². The zero-order valence-electron chi connectivity index (χ0n) is 17.4. The van der Waals surface area contributed by atoms with Crippen LogP contribution in [-0.4, -0.2) is 19.0 Å². The van der Waals surface area contributed by atoms with Crippen LogP contribution in [0.2, 0.25) is 5.02 Å². The third-order valence-corrected chi connectivity index (χ3v) is 5.89. The SMILES string of the molecule is COc1cc(/C=C2\N=C(c3ccccc3Br)OC2=O)cc(Cl)c1OCc1ccccc1C. The van der Waals surface area contributed by atoms with E-state index in [-0.39, 0.29) is 11.6 Å². The fourth-order valence-corrected chi connectivity index (χ4v) is 3.93. The number of cyclic esters (lactones) is 1. The van der Waals surface area contributed by atoms with Gasteiger partial charge in [0.15, 0.2) is 17.2 Å².